The lowest BCUT2D eigenvalue weighted by molar-refractivity contribution is -0.135. The highest BCUT2D eigenvalue weighted by atomic mass is 32.1. The summed E-state index contributed by atoms with van der Waals surface area (Å²) in [6, 6.07) is 16.8. The second kappa shape index (κ2) is 12.7. The Balaban J connectivity index is 1.52. The van der Waals surface area contributed by atoms with E-state index in [0.717, 1.165) is 23.3 Å². The lowest BCUT2D eigenvalue weighted by Crippen LogP contribution is -2.48. The number of thiophene rings is 1. The topological polar surface area (TPSA) is 68.3 Å². The largest absolute Gasteiger partial charge is 0.497 e. The van der Waals surface area contributed by atoms with E-state index in [1.54, 1.807) is 54.7 Å². The van der Waals surface area contributed by atoms with Crippen LogP contribution in [0.3, 0.4) is 0 Å². The fourth-order valence-corrected chi connectivity index (χ4v) is 5.46. The van der Waals surface area contributed by atoms with Gasteiger partial charge in [0, 0.05) is 37.2 Å². The molecule has 0 aliphatic carbocycles. The van der Waals surface area contributed by atoms with E-state index >= 15 is 0 Å². The van der Waals surface area contributed by atoms with Gasteiger partial charge in [0.25, 0.3) is 5.91 Å². The number of benzene rings is 2. The van der Waals surface area contributed by atoms with E-state index in [1.807, 2.05) is 36.1 Å². The van der Waals surface area contributed by atoms with Crippen LogP contribution in [0.25, 0.3) is 0 Å². The van der Waals surface area contributed by atoms with Gasteiger partial charge in [-0.05, 0) is 67.1 Å². The van der Waals surface area contributed by atoms with Crippen LogP contribution in [0.1, 0.15) is 38.8 Å². The van der Waals surface area contributed by atoms with Crippen molar-refractivity contribution in [2.45, 2.75) is 25.8 Å². The van der Waals surface area contributed by atoms with E-state index in [9.17, 15) is 9.59 Å². The Morgan fingerprint density at radius 2 is 1.89 bits per heavy atom. The molecule has 7 nitrogen and oxygen atoms in total. The van der Waals surface area contributed by atoms with Crippen molar-refractivity contribution in [2.75, 3.05) is 47.1 Å². The minimum Gasteiger partial charge on any atom is -0.497 e. The molecule has 8 heteroatoms. The standard InChI is InChI=1S/C29H34N2O5S/c1-21-8-10-23(11-9-21)36-20-26-25-13-17-37-27(25)12-15-31(26)28(32)19-30(14-5-16-34-2)29(33)22-6-4-7-24(18-22)35-3/h4,6-11,13,17-18,26H,5,12,14-16,19-20H2,1-3H3. The van der Waals surface area contributed by atoms with E-state index < -0.39 is 0 Å². The number of fused-ring (bicyclic) bond motifs is 1. The fourth-order valence-electron chi connectivity index (χ4n) is 4.53. The van der Waals surface area contributed by atoms with Gasteiger partial charge in [-0.2, -0.15) is 0 Å². The number of hydrogen-bond acceptors (Lipinski definition) is 6. The van der Waals surface area contributed by atoms with E-state index in [-0.39, 0.29) is 24.4 Å². The average Bonchev–Trinajstić information content (AvgIpc) is 3.41. The molecular weight excluding hydrogens is 488 g/mol. The van der Waals surface area contributed by atoms with Crippen LogP contribution in [0.5, 0.6) is 11.5 Å². The van der Waals surface area contributed by atoms with Gasteiger partial charge in [-0.25, -0.2) is 0 Å². The molecule has 1 aliphatic rings. The maximum atomic E-state index is 13.7. The van der Waals surface area contributed by atoms with Crippen LogP contribution in [-0.2, 0) is 16.0 Å². The number of aryl methyl sites for hydroxylation is 1. The number of ether oxygens (including phenoxy) is 3. The van der Waals surface area contributed by atoms with Crippen molar-refractivity contribution in [1.29, 1.82) is 0 Å². The third-order valence-corrected chi connectivity index (χ3v) is 7.55. The number of nitrogens with zero attached hydrogens (tertiary/aromatic N) is 2. The lowest BCUT2D eigenvalue weighted by Gasteiger charge is -2.37. The van der Waals surface area contributed by atoms with Gasteiger partial charge in [-0.3, -0.25) is 9.59 Å². The van der Waals surface area contributed by atoms with Gasteiger partial charge in [-0.15, -0.1) is 11.3 Å². The van der Waals surface area contributed by atoms with Gasteiger partial charge in [0.15, 0.2) is 0 Å². The van der Waals surface area contributed by atoms with Crippen LogP contribution in [0.4, 0.5) is 0 Å². The summed E-state index contributed by atoms with van der Waals surface area (Å²) in [5, 5.41) is 2.07. The number of carbonyl (C=O) groups excluding carboxylic acids is 2. The Morgan fingerprint density at radius 1 is 1.08 bits per heavy atom. The molecule has 3 aromatic rings. The summed E-state index contributed by atoms with van der Waals surface area (Å²) in [4.78, 5) is 31.9. The van der Waals surface area contributed by atoms with Crippen LogP contribution in [-0.4, -0.2) is 68.7 Å². The summed E-state index contributed by atoms with van der Waals surface area (Å²) in [6.07, 6.45) is 1.43. The van der Waals surface area contributed by atoms with Crippen LogP contribution in [0, 0.1) is 6.92 Å². The summed E-state index contributed by atoms with van der Waals surface area (Å²) in [5.74, 6) is 1.07. The third kappa shape index (κ3) is 6.70. The molecule has 2 amide bonds. The summed E-state index contributed by atoms with van der Waals surface area (Å²) in [7, 11) is 3.20. The molecule has 1 aromatic heterocycles. The SMILES string of the molecule is COCCCN(CC(=O)N1CCc2sccc2C1COc1ccc(C)cc1)C(=O)c1cccc(OC)c1. The average molecular weight is 523 g/mol. The number of rotatable bonds is 11. The first-order valence-corrected chi connectivity index (χ1v) is 13.4. The normalized spacial score (nSPS) is 14.7. The first kappa shape index (κ1) is 26.7. The van der Waals surface area contributed by atoms with E-state index in [4.69, 9.17) is 14.2 Å². The molecule has 0 radical (unpaired) electrons. The Hall–Kier alpha value is -3.36. The van der Waals surface area contributed by atoms with Crippen molar-refractivity contribution in [3.05, 3.63) is 81.5 Å². The smallest absolute Gasteiger partial charge is 0.254 e. The number of carbonyl (C=O) groups is 2. The van der Waals surface area contributed by atoms with Crippen molar-refractivity contribution in [2.24, 2.45) is 0 Å². The zero-order valence-electron chi connectivity index (χ0n) is 21.6. The zero-order valence-corrected chi connectivity index (χ0v) is 22.5. The maximum absolute atomic E-state index is 13.7. The molecule has 0 fully saturated rings. The van der Waals surface area contributed by atoms with Gasteiger partial charge in [-0.1, -0.05) is 23.8 Å². The maximum Gasteiger partial charge on any atom is 0.254 e. The number of amides is 2. The molecule has 4 rings (SSSR count). The first-order valence-electron chi connectivity index (χ1n) is 12.5. The monoisotopic (exact) mass is 522 g/mol. The Kier molecular flexibility index (Phi) is 9.19. The summed E-state index contributed by atoms with van der Waals surface area (Å²) in [5.41, 5.74) is 2.78. The van der Waals surface area contributed by atoms with Gasteiger partial charge >= 0.3 is 0 Å². The van der Waals surface area contributed by atoms with Crippen LogP contribution < -0.4 is 9.47 Å². The van der Waals surface area contributed by atoms with Crippen molar-refractivity contribution in [1.82, 2.24) is 9.80 Å². The molecule has 2 heterocycles. The minimum absolute atomic E-state index is 0.0136. The molecule has 0 spiro atoms. The van der Waals surface area contributed by atoms with E-state index in [1.165, 1.54) is 4.88 Å². The Labute approximate surface area is 222 Å². The molecule has 0 saturated carbocycles. The van der Waals surface area contributed by atoms with Crippen molar-refractivity contribution in [3.63, 3.8) is 0 Å². The minimum atomic E-state index is -0.212. The molecule has 1 aliphatic heterocycles. The molecular formula is C29H34N2O5S. The fraction of sp³-hybridized carbons (Fsp3) is 0.379. The van der Waals surface area contributed by atoms with Crippen LogP contribution in [0.15, 0.2) is 60.0 Å². The highest BCUT2D eigenvalue weighted by Crippen LogP contribution is 2.34. The number of hydrogen-bond donors (Lipinski definition) is 0. The van der Waals surface area contributed by atoms with Crippen molar-refractivity contribution in [3.8, 4) is 11.5 Å². The van der Waals surface area contributed by atoms with Gasteiger partial charge in [0.1, 0.15) is 24.7 Å². The molecule has 37 heavy (non-hydrogen) atoms. The second-order valence-electron chi connectivity index (χ2n) is 9.08. The Morgan fingerprint density at radius 3 is 2.65 bits per heavy atom. The van der Waals surface area contributed by atoms with Crippen molar-refractivity contribution >= 4 is 23.2 Å². The molecule has 196 valence electrons. The van der Waals surface area contributed by atoms with Crippen LogP contribution >= 0.6 is 11.3 Å². The molecule has 0 bridgehead atoms. The molecule has 1 unspecified atom stereocenters. The predicted octanol–water partition coefficient (Wildman–Crippen LogP) is 4.75. The third-order valence-electron chi connectivity index (χ3n) is 6.55. The van der Waals surface area contributed by atoms with E-state index in [0.29, 0.717) is 44.0 Å². The predicted molar refractivity (Wildman–Crippen MR) is 145 cm³/mol. The van der Waals surface area contributed by atoms with Gasteiger partial charge < -0.3 is 24.0 Å². The Bertz CT molecular complexity index is 1190. The highest BCUT2D eigenvalue weighted by Gasteiger charge is 2.33. The second-order valence-corrected chi connectivity index (χ2v) is 10.1. The quantitative estimate of drug-likeness (QED) is 0.340. The van der Waals surface area contributed by atoms with Gasteiger partial charge in [0.05, 0.1) is 13.2 Å². The molecule has 1 atom stereocenters. The van der Waals surface area contributed by atoms with Crippen LogP contribution in [0.2, 0.25) is 0 Å². The van der Waals surface area contributed by atoms with E-state index in [2.05, 4.69) is 11.4 Å². The lowest BCUT2D eigenvalue weighted by atomic mass is 10.00. The molecule has 0 N–H and O–H groups in total. The summed E-state index contributed by atoms with van der Waals surface area (Å²) in [6.45, 7) is 3.89. The zero-order chi connectivity index (χ0) is 26.2. The summed E-state index contributed by atoms with van der Waals surface area (Å²) < 4.78 is 16.6. The summed E-state index contributed by atoms with van der Waals surface area (Å²) >= 11 is 1.72. The first-order chi connectivity index (χ1) is 18.0. The molecule has 0 saturated heterocycles. The number of methoxy groups -OCH3 is 2. The molecule has 2 aromatic carbocycles. The highest BCUT2D eigenvalue weighted by molar-refractivity contribution is 7.10. The van der Waals surface area contributed by atoms with Gasteiger partial charge in [0.2, 0.25) is 5.91 Å². The van der Waals surface area contributed by atoms with Crippen molar-refractivity contribution < 1.29 is 23.8 Å².